The van der Waals surface area contributed by atoms with Crippen molar-refractivity contribution < 1.29 is 14.3 Å². The van der Waals surface area contributed by atoms with Gasteiger partial charge in [-0.3, -0.25) is 4.79 Å². The zero-order valence-corrected chi connectivity index (χ0v) is 10.4. The van der Waals surface area contributed by atoms with Gasteiger partial charge in [-0.15, -0.1) is 0 Å². The minimum Gasteiger partial charge on any atom is -0.444 e. The lowest BCUT2D eigenvalue weighted by atomic mass is 9.89. The van der Waals surface area contributed by atoms with Crippen molar-refractivity contribution in [3.05, 3.63) is 0 Å². The Hall–Kier alpha value is -0.900. The van der Waals surface area contributed by atoms with E-state index >= 15 is 0 Å². The van der Waals surface area contributed by atoms with E-state index in [1.165, 1.54) is 6.92 Å². The van der Waals surface area contributed by atoms with E-state index < -0.39 is 5.54 Å². The van der Waals surface area contributed by atoms with E-state index in [1.807, 2.05) is 25.7 Å². The Balaban J connectivity index is 2.41. The van der Waals surface area contributed by atoms with Gasteiger partial charge in [0.25, 0.3) is 0 Å². The third-order valence-electron chi connectivity index (χ3n) is 3.59. The summed E-state index contributed by atoms with van der Waals surface area (Å²) in [6.07, 6.45) is 1.22. The second-order valence-electron chi connectivity index (χ2n) is 5.84. The SMILES string of the molecule is CC(=O)C12CCCN1C(C(C)(C)C)OC2=O. The van der Waals surface area contributed by atoms with Crippen molar-refractivity contribution >= 4 is 11.8 Å². The topological polar surface area (TPSA) is 46.6 Å². The first-order valence-electron chi connectivity index (χ1n) is 5.79. The summed E-state index contributed by atoms with van der Waals surface area (Å²) in [6, 6.07) is 0. The summed E-state index contributed by atoms with van der Waals surface area (Å²) in [5, 5.41) is 0. The fourth-order valence-electron chi connectivity index (χ4n) is 2.81. The Kier molecular flexibility index (Phi) is 2.38. The predicted octanol–water partition coefficient (Wildman–Crippen LogP) is 1.34. The first-order valence-corrected chi connectivity index (χ1v) is 5.79. The molecule has 90 valence electrons. The van der Waals surface area contributed by atoms with Gasteiger partial charge in [0, 0.05) is 12.0 Å². The number of ether oxygens (including phenoxy) is 1. The molecule has 0 saturated carbocycles. The number of carbonyl (C=O) groups is 2. The maximum atomic E-state index is 12.0. The average Bonchev–Trinajstić information content (AvgIpc) is 2.64. The number of nitrogens with zero attached hydrogens (tertiary/aromatic N) is 1. The Morgan fingerprint density at radius 2 is 2.12 bits per heavy atom. The summed E-state index contributed by atoms with van der Waals surface area (Å²) in [6.45, 7) is 8.34. The molecule has 0 bridgehead atoms. The van der Waals surface area contributed by atoms with Crippen LogP contribution in [-0.4, -0.2) is 35.0 Å². The summed E-state index contributed by atoms with van der Waals surface area (Å²) in [4.78, 5) is 25.7. The molecule has 0 aromatic rings. The fraction of sp³-hybridized carbons (Fsp3) is 0.833. The number of cyclic esters (lactones) is 1. The highest BCUT2D eigenvalue weighted by molar-refractivity contribution is 6.08. The molecular weight excluding hydrogens is 206 g/mol. The van der Waals surface area contributed by atoms with Crippen LogP contribution in [0.4, 0.5) is 0 Å². The van der Waals surface area contributed by atoms with Gasteiger partial charge in [-0.25, -0.2) is 9.69 Å². The maximum absolute atomic E-state index is 12.0. The molecule has 2 aliphatic rings. The Labute approximate surface area is 95.9 Å². The smallest absolute Gasteiger partial charge is 0.336 e. The largest absolute Gasteiger partial charge is 0.444 e. The molecule has 0 aromatic heterocycles. The molecule has 0 aromatic carbocycles. The molecule has 0 N–H and O–H groups in total. The zero-order chi connectivity index (χ0) is 12.1. The summed E-state index contributed by atoms with van der Waals surface area (Å²) < 4.78 is 5.42. The van der Waals surface area contributed by atoms with Crippen molar-refractivity contribution in [2.45, 2.75) is 52.3 Å². The van der Waals surface area contributed by atoms with Crippen molar-refractivity contribution in [1.29, 1.82) is 0 Å². The van der Waals surface area contributed by atoms with Gasteiger partial charge in [0.05, 0.1) is 0 Å². The highest BCUT2D eigenvalue weighted by Gasteiger charge is 2.62. The summed E-state index contributed by atoms with van der Waals surface area (Å²) in [7, 11) is 0. The molecule has 2 atom stereocenters. The molecule has 0 amide bonds. The molecular formula is C12H19NO3. The van der Waals surface area contributed by atoms with Crippen molar-refractivity contribution in [2.75, 3.05) is 6.54 Å². The zero-order valence-electron chi connectivity index (χ0n) is 10.4. The van der Waals surface area contributed by atoms with E-state index in [4.69, 9.17) is 4.74 Å². The van der Waals surface area contributed by atoms with Crippen molar-refractivity contribution in [2.24, 2.45) is 5.41 Å². The maximum Gasteiger partial charge on any atom is 0.336 e. The molecule has 2 aliphatic heterocycles. The summed E-state index contributed by atoms with van der Waals surface area (Å²) in [5.74, 6) is -0.431. The van der Waals surface area contributed by atoms with Gasteiger partial charge >= 0.3 is 5.97 Å². The van der Waals surface area contributed by atoms with E-state index in [2.05, 4.69) is 0 Å². The minimum atomic E-state index is -0.974. The molecule has 2 saturated heterocycles. The molecule has 0 aliphatic carbocycles. The van der Waals surface area contributed by atoms with E-state index in [1.54, 1.807) is 0 Å². The van der Waals surface area contributed by atoms with Gasteiger partial charge < -0.3 is 4.74 Å². The second-order valence-corrected chi connectivity index (χ2v) is 5.84. The standard InChI is InChI=1S/C12H19NO3/c1-8(14)12-6-5-7-13(12)9(11(2,3)4)16-10(12)15/h9H,5-7H2,1-4H3. The summed E-state index contributed by atoms with van der Waals surface area (Å²) in [5.41, 5.74) is -1.13. The van der Waals surface area contributed by atoms with Crippen LogP contribution >= 0.6 is 0 Å². The lowest BCUT2D eigenvalue weighted by Gasteiger charge is -2.34. The van der Waals surface area contributed by atoms with Gasteiger partial charge in [-0.2, -0.15) is 0 Å². The van der Waals surface area contributed by atoms with E-state index in [0.717, 1.165) is 13.0 Å². The van der Waals surface area contributed by atoms with Gasteiger partial charge in [0.15, 0.2) is 17.6 Å². The van der Waals surface area contributed by atoms with Crippen molar-refractivity contribution in [3.63, 3.8) is 0 Å². The first-order chi connectivity index (χ1) is 7.30. The van der Waals surface area contributed by atoms with Crippen LogP contribution in [0.1, 0.15) is 40.5 Å². The Bertz CT molecular complexity index is 345. The van der Waals surface area contributed by atoms with Crippen LogP contribution in [0.25, 0.3) is 0 Å². The van der Waals surface area contributed by atoms with Crippen LogP contribution < -0.4 is 0 Å². The molecule has 4 heteroatoms. The van der Waals surface area contributed by atoms with Gasteiger partial charge in [0.2, 0.25) is 0 Å². The normalized spacial score (nSPS) is 35.0. The van der Waals surface area contributed by atoms with Gasteiger partial charge in [0.1, 0.15) is 0 Å². The van der Waals surface area contributed by atoms with Crippen LogP contribution in [0.15, 0.2) is 0 Å². The van der Waals surface area contributed by atoms with Gasteiger partial charge in [-0.1, -0.05) is 20.8 Å². The molecule has 2 rings (SSSR count). The van der Waals surface area contributed by atoms with Crippen LogP contribution in [0, 0.1) is 5.41 Å². The van der Waals surface area contributed by atoms with E-state index in [9.17, 15) is 9.59 Å². The summed E-state index contributed by atoms with van der Waals surface area (Å²) >= 11 is 0. The molecule has 16 heavy (non-hydrogen) atoms. The lowest BCUT2D eigenvalue weighted by molar-refractivity contribution is -0.151. The number of esters is 1. The highest BCUT2D eigenvalue weighted by atomic mass is 16.6. The third-order valence-corrected chi connectivity index (χ3v) is 3.59. The number of carbonyl (C=O) groups excluding carboxylic acids is 2. The van der Waals surface area contributed by atoms with E-state index in [-0.39, 0.29) is 23.4 Å². The Morgan fingerprint density at radius 3 is 2.62 bits per heavy atom. The number of hydrogen-bond acceptors (Lipinski definition) is 4. The number of fused-ring (bicyclic) bond motifs is 1. The molecule has 2 heterocycles. The second kappa shape index (κ2) is 3.29. The predicted molar refractivity (Wildman–Crippen MR) is 58.7 cm³/mol. The van der Waals surface area contributed by atoms with E-state index in [0.29, 0.717) is 6.42 Å². The molecule has 0 spiro atoms. The van der Waals surface area contributed by atoms with Crippen LogP contribution in [0.2, 0.25) is 0 Å². The highest BCUT2D eigenvalue weighted by Crippen LogP contribution is 2.44. The quantitative estimate of drug-likeness (QED) is 0.499. The van der Waals surface area contributed by atoms with Crippen LogP contribution in [0.5, 0.6) is 0 Å². The number of Topliss-reactive ketones (excluding diaryl/α,β-unsaturated/α-hetero) is 1. The minimum absolute atomic E-state index is 0.0817. The number of rotatable bonds is 1. The van der Waals surface area contributed by atoms with Crippen molar-refractivity contribution in [1.82, 2.24) is 4.90 Å². The Morgan fingerprint density at radius 1 is 1.50 bits per heavy atom. The number of hydrogen-bond donors (Lipinski definition) is 0. The molecule has 2 unspecified atom stereocenters. The van der Waals surface area contributed by atoms with Gasteiger partial charge in [-0.05, 0) is 19.8 Å². The average molecular weight is 225 g/mol. The fourth-order valence-corrected chi connectivity index (χ4v) is 2.81. The molecule has 2 fully saturated rings. The third kappa shape index (κ3) is 1.32. The van der Waals surface area contributed by atoms with Crippen molar-refractivity contribution in [3.8, 4) is 0 Å². The van der Waals surface area contributed by atoms with Crippen LogP contribution in [0.3, 0.4) is 0 Å². The number of ketones is 1. The lowest BCUT2D eigenvalue weighted by Crippen LogP contribution is -2.53. The molecule has 0 radical (unpaired) electrons. The molecule has 4 nitrogen and oxygen atoms in total. The van der Waals surface area contributed by atoms with Crippen LogP contribution in [-0.2, 0) is 14.3 Å². The monoisotopic (exact) mass is 225 g/mol. The first kappa shape index (κ1) is 11.6.